The summed E-state index contributed by atoms with van der Waals surface area (Å²) in [6, 6.07) is 17.7. The summed E-state index contributed by atoms with van der Waals surface area (Å²) in [6.07, 6.45) is 1.63. The van der Waals surface area contributed by atoms with Gasteiger partial charge in [0.25, 0.3) is 5.78 Å². The fourth-order valence-electron chi connectivity index (χ4n) is 4.00. The Kier molecular flexibility index (Phi) is 6.53. The molecule has 180 valence electrons. The quantitative estimate of drug-likeness (QED) is 0.127. The van der Waals surface area contributed by atoms with E-state index in [9.17, 15) is 14.7 Å². The molecular formula is C27H18Cl2N2O4S. The first-order valence-electron chi connectivity index (χ1n) is 10.8. The number of aliphatic hydroxyl groups is 1. The molecule has 1 amide bonds. The molecule has 2 heterocycles. The summed E-state index contributed by atoms with van der Waals surface area (Å²) in [7, 11) is 0. The largest absolute Gasteiger partial charge is 0.507 e. The summed E-state index contributed by atoms with van der Waals surface area (Å²) in [5.74, 6) is -1.29. The van der Waals surface area contributed by atoms with E-state index in [1.54, 1.807) is 72.8 Å². The van der Waals surface area contributed by atoms with Gasteiger partial charge in [0.15, 0.2) is 5.13 Å². The maximum absolute atomic E-state index is 13.4. The molecule has 1 unspecified atom stereocenters. The average Bonchev–Trinajstić information content (AvgIpc) is 3.40. The van der Waals surface area contributed by atoms with Crippen LogP contribution in [0, 0.1) is 0 Å². The van der Waals surface area contributed by atoms with Gasteiger partial charge in [-0.05, 0) is 60.2 Å². The number of aliphatic hydroxyl groups excluding tert-OH is 1. The fourth-order valence-corrected chi connectivity index (χ4v) is 5.39. The number of benzene rings is 3. The molecule has 4 aromatic rings. The molecule has 5 rings (SSSR count). The third-order valence-electron chi connectivity index (χ3n) is 5.67. The van der Waals surface area contributed by atoms with Crippen LogP contribution in [-0.4, -0.2) is 28.4 Å². The van der Waals surface area contributed by atoms with E-state index in [1.165, 1.54) is 16.2 Å². The topological polar surface area (TPSA) is 79.7 Å². The van der Waals surface area contributed by atoms with Crippen molar-refractivity contribution in [3.63, 3.8) is 0 Å². The predicted molar refractivity (Wildman–Crippen MR) is 143 cm³/mol. The molecule has 1 aromatic heterocycles. The van der Waals surface area contributed by atoms with Crippen LogP contribution in [0.2, 0.25) is 10.0 Å². The van der Waals surface area contributed by atoms with Crippen LogP contribution in [0.4, 0.5) is 5.13 Å². The number of ether oxygens (including phenoxy) is 1. The first kappa shape index (κ1) is 24.1. The number of anilines is 1. The molecule has 1 aliphatic rings. The first-order valence-corrected chi connectivity index (χ1v) is 12.4. The number of aromatic nitrogens is 1. The molecule has 1 fully saturated rings. The Balaban J connectivity index is 1.68. The second kappa shape index (κ2) is 9.78. The number of nitrogens with zero attached hydrogens (tertiary/aromatic N) is 2. The molecule has 0 aliphatic carbocycles. The van der Waals surface area contributed by atoms with Crippen LogP contribution in [0.5, 0.6) is 5.75 Å². The van der Waals surface area contributed by atoms with Gasteiger partial charge in [0.2, 0.25) is 0 Å². The molecular weight excluding hydrogens is 519 g/mol. The number of fused-ring (bicyclic) bond motifs is 1. The maximum Gasteiger partial charge on any atom is 0.301 e. The Morgan fingerprint density at radius 2 is 1.75 bits per heavy atom. The molecule has 0 bridgehead atoms. The summed E-state index contributed by atoms with van der Waals surface area (Å²) in [4.78, 5) is 32.6. The smallest absolute Gasteiger partial charge is 0.301 e. The van der Waals surface area contributed by atoms with E-state index in [0.717, 1.165) is 4.70 Å². The monoisotopic (exact) mass is 536 g/mol. The molecule has 9 heteroatoms. The van der Waals surface area contributed by atoms with Crippen molar-refractivity contribution in [2.75, 3.05) is 11.5 Å². The highest BCUT2D eigenvalue weighted by molar-refractivity contribution is 7.22. The number of amides is 1. The van der Waals surface area contributed by atoms with Crippen LogP contribution < -0.4 is 9.64 Å². The lowest BCUT2D eigenvalue weighted by Crippen LogP contribution is -2.29. The number of hydrogen-bond donors (Lipinski definition) is 1. The molecule has 0 radical (unpaired) electrons. The lowest BCUT2D eigenvalue weighted by molar-refractivity contribution is -0.132. The molecule has 1 atom stereocenters. The molecule has 6 nitrogen and oxygen atoms in total. The van der Waals surface area contributed by atoms with Crippen LogP contribution in [-0.2, 0) is 9.59 Å². The lowest BCUT2D eigenvalue weighted by atomic mass is 9.95. The Morgan fingerprint density at radius 3 is 2.44 bits per heavy atom. The lowest BCUT2D eigenvalue weighted by Gasteiger charge is -2.23. The number of halogens is 2. The highest BCUT2D eigenvalue weighted by atomic mass is 35.5. The van der Waals surface area contributed by atoms with Gasteiger partial charge < -0.3 is 9.84 Å². The van der Waals surface area contributed by atoms with E-state index >= 15 is 0 Å². The highest BCUT2D eigenvalue weighted by Crippen LogP contribution is 2.44. The van der Waals surface area contributed by atoms with Crippen molar-refractivity contribution < 1.29 is 19.4 Å². The fraction of sp³-hybridized carbons (Fsp3) is 0.0741. The Labute approximate surface area is 220 Å². The summed E-state index contributed by atoms with van der Waals surface area (Å²) in [5, 5.41) is 12.5. The number of thiazole rings is 1. The summed E-state index contributed by atoms with van der Waals surface area (Å²) in [6.45, 7) is 3.98. The third kappa shape index (κ3) is 4.37. The molecule has 3 aromatic carbocycles. The van der Waals surface area contributed by atoms with Gasteiger partial charge in [-0.2, -0.15) is 0 Å². The SMILES string of the molecule is C=CCOc1ccc(C2/C(=C(\O)c3ccc(Cl)cc3)C(=O)C(=O)N2c2nc3ccc(Cl)cc3s2)cc1. The molecule has 1 saturated heterocycles. The van der Waals surface area contributed by atoms with Gasteiger partial charge in [-0.1, -0.05) is 59.3 Å². The van der Waals surface area contributed by atoms with E-state index in [0.29, 0.717) is 44.2 Å². The minimum absolute atomic E-state index is 0.0422. The standard InChI is InChI=1S/C27H18Cl2N2O4S/c1-2-13-35-19-10-5-15(6-11-19)23-22(24(32)16-3-7-17(28)8-4-16)25(33)26(34)31(23)27-30-20-12-9-18(29)14-21(20)36-27/h2-12,14,23,32H,1,13H2/b24-22+. The molecule has 0 spiro atoms. The van der Waals surface area contributed by atoms with Gasteiger partial charge >= 0.3 is 5.91 Å². The van der Waals surface area contributed by atoms with Crippen LogP contribution in [0.1, 0.15) is 17.2 Å². The number of rotatable bonds is 6. The normalized spacial score (nSPS) is 17.1. The van der Waals surface area contributed by atoms with E-state index in [1.807, 2.05) is 0 Å². The van der Waals surface area contributed by atoms with Crippen LogP contribution in [0.25, 0.3) is 16.0 Å². The van der Waals surface area contributed by atoms with Crippen LogP contribution in [0.3, 0.4) is 0 Å². The Hall–Kier alpha value is -3.65. The zero-order chi connectivity index (χ0) is 25.4. The van der Waals surface area contributed by atoms with Crippen molar-refractivity contribution in [1.82, 2.24) is 4.98 Å². The molecule has 0 saturated carbocycles. The number of Topliss-reactive ketones (excluding diaryl/α,β-unsaturated/α-hetero) is 1. The Bertz CT molecular complexity index is 1530. The predicted octanol–water partition coefficient (Wildman–Crippen LogP) is 6.79. The number of ketones is 1. The first-order chi connectivity index (χ1) is 17.4. The molecule has 1 N–H and O–H groups in total. The van der Waals surface area contributed by atoms with Crippen molar-refractivity contribution in [2.24, 2.45) is 0 Å². The minimum atomic E-state index is -0.912. The van der Waals surface area contributed by atoms with Gasteiger partial charge in [0.1, 0.15) is 18.1 Å². The zero-order valence-corrected chi connectivity index (χ0v) is 21.0. The third-order valence-corrected chi connectivity index (χ3v) is 7.18. The summed E-state index contributed by atoms with van der Waals surface area (Å²) >= 11 is 13.4. The number of hydrogen-bond acceptors (Lipinski definition) is 6. The molecule has 1 aliphatic heterocycles. The van der Waals surface area contributed by atoms with E-state index in [4.69, 9.17) is 27.9 Å². The van der Waals surface area contributed by atoms with Gasteiger partial charge in [-0.3, -0.25) is 14.5 Å². The average molecular weight is 537 g/mol. The van der Waals surface area contributed by atoms with Crippen LogP contribution in [0.15, 0.2) is 85.0 Å². The second-order valence-corrected chi connectivity index (χ2v) is 9.84. The summed E-state index contributed by atoms with van der Waals surface area (Å²) in [5.41, 5.74) is 1.57. The van der Waals surface area contributed by atoms with Crippen molar-refractivity contribution >= 4 is 67.3 Å². The van der Waals surface area contributed by atoms with E-state index < -0.39 is 17.7 Å². The minimum Gasteiger partial charge on any atom is -0.507 e. The Morgan fingerprint density at radius 1 is 1.06 bits per heavy atom. The van der Waals surface area contributed by atoms with E-state index in [2.05, 4.69) is 11.6 Å². The van der Waals surface area contributed by atoms with Gasteiger partial charge in [-0.15, -0.1) is 0 Å². The zero-order valence-electron chi connectivity index (χ0n) is 18.7. The van der Waals surface area contributed by atoms with Gasteiger partial charge in [-0.25, -0.2) is 4.98 Å². The van der Waals surface area contributed by atoms with Crippen molar-refractivity contribution in [2.45, 2.75) is 6.04 Å². The van der Waals surface area contributed by atoms with Crippen molar-refractivity contribution in [3.05, 3.63) is 106 Å². The van der Waals surface area contributed by atoms with Crippen LogP contribution >= 0.6 is 34.5 Å². The molecule has 36 heavy (non-hydrogen) atoms. The maximum atomic E-state index is 13.4. The van der Waals surface area contributed by atoms with Crippen molar-refractivity contribution in [3.8, 4) is 5.75 Å². The number of carbonyl (C=O) groups is 2. The van der Waals surface area contributed by atoms with Gasteiger partial charge in [0.05, 0.1) is 21.8 Å². The van der Waals surface area contributed by atoms with E-state index in [-0.39, 0.29) is 11.3 Å². The highest BCUT2D eigenvalue weighted by Gasteiger charge is 2.48. The summed E-state index contributed by atoms with van der Waals surface area (Å²) < 4.78 is 6.34. The number of carbonyl (C=O) groups excluding carboxylic acids is 2. The second-order valence-electron chi connectivity index (χ2n) is 7.95. The van der Waals surface area contributed by atoms with Crippen molar-refractivity contribution in [1.29, 1.82) is 0 Å². The van der Waals surface area contributed by atoms with Gasteiger partial charge in [0, 0.05) is 15.6 Å².